The van der Waals surface area contributed by atoms with Crippen LogP contribution in [-0.2, 0) is 4.79 Å². The van der Waals surface area contributed by atoms with Gasteiger partial charge in [-0.25, -0.2) is 9.59 Å². The molecule has 0 aliphatic heterocycles. The van der Waals surface area contributed by atoms with Crippen molar-refractivity contribution in [2.24, 2.45) is 4.99 Å². The molecular weight excluding hydrogens is 270 g/mol. The van der Waals surface area contributed by atoms with Crippen LogP contribution in [0.2, 0.25) is 0 Å². The lowest BCUT2D eigenvalue weighted by Gasteiger charge is -2.10. The molecule has 0 radical (unpaired) electrons. The first-order chi connectivity index (χ1) is 10.2. The molecule has 0 bridgehead atoms. The van der Waals surface area contributed by atoms with Crippen LogP contribution in [0.5, 0.6) is 11.5 Å². The van der Waals surface area contributed by atoms with Crippen molar-refractivity contribution in [3.8, 4) is 11.5 Å². The molecule has 5 heteroatoms. The Bertz CT molecular complexity index is 676. The van der Waals surface area contributed by atoms with Crippen LogP contribution >= 0.6 is 0 Å². The topological polar surface area (TPSA) is 65.0 Å². The number of hydrogen-bond donors (Lipinski definition) is 0. The summed E-state index contributed by atoms with van der Waals surface area (Å²) >= 11 is 0. The van der Waals surface area contributed by atoms with E-state index >= 15 is 0 Å². The van der Waals surface area contributed by atoms with Crippen molar-refractivity contribution >= 4 is 17.7 Å². The number of carbonyl (C=O) groups excluding carboxylic acids is 2. The maximum atomic E-state index is 12.0. The Morgan fingerprint density at radius 2 is 1.90 bits per heavy atom. The first-order valence-corrected chi connectivity index (χ1v) is 6.36. The Kier molecular flexibility index (Phi) is 4.85. The summed E-state index contributed by atoms with van der Waals surface area (Å²) < 4.78 is 10.7. The molecule has 0 fully saturated rings. The number of rotatable bonds is 5. The zero-order chi connectivity index (χ0) is 15.1. The van der Waals surface area contributed by atoms with E-state index in [0.29, 0.717) is 23.6 Å². The third-order valence-corrected chi connectivity index (χ3v) is 2.61. The fourth-order valence-corrected chi connectivity index (χ4v) is 1.70. The molecule has 0 spiro atoms. The Morgan fingerprint density at radius 1 is 1.14 bits per heavy atom. The van der Waals surface area contributed by atoms with Gasteiger partial charge in [0.15, 0.2) is 11.5 Å². The van der Waals surface area contributed by atoms with Crippen molar-refractivity contribution in [1.82, 2.24) is 0 Å². The Hall–Kier alpha value is -2.91. The lowest BCUT2D eigenvalue weighted by Crippen LogP contribution is -2.09. The molecular formula is C16H13NO4. The van der Waals surface area contributed by atoms with E-state index in [0.717, 1.165) is 0 Å². The molecule has 0 unspecified atom stereocenters. The normalized spacial score (nSPS) is 9.57. The van der Waals surface area contributed by atoms with Gasteiger partial charge in [-0.05, 0) is 31.2 Å². The summed E-state index contributed by atoms with van der Waals surface area (Å²) in [6.45, 7) is 2.20. The first-order valence-electron chi connectivity index (χ1n) is 6.36. The number of aliphatic imine (C=N–C) groups is 1. The molecule has 21 heavy (non-hydrogen) atoms. The van der Waals surface area contributed by atoms with Crippen LogP contribution in [0.1, 0.15) is 17.3 Å². The van der Waals surface area contributed by atoms with Gasteiger partial charge in [0.25, 0.3) is 0 Å². The predicted molar refractivity (Wildman–Crippen MR) is 76.8 cm³/mol. The molecule has 5 nitrogen and oxygen atoms in total. The number of esters is 1. The highest BCUT2D eigenvalue weighted by molar-refractivity contribution is 5.91. The fraction of sp³-hybridized carbons (Fsp3) is 0.125. The molecule has 0 saturated carbocycles. The third kappa shape index (κ3) is 3.78. The molecule has 2 rings (SSSR count). The van der Waals surface area contributed by atoms with E-state index < -0.39 is 5.97 Å². The van der Waals surface area contributed by atoms with E-state index in [1.165, 1.54) is 18.2 Å². The summed E-state index contributed by atoms with van der Waals surface area (Å²) in [5.74, 6) is 0.136. The van der Waals surface area contributed by atoms with Gasteiger partial charge >= 0.3 is 5.97 Å². The highest BCUT2D eigenvalue weighted by Gasteiger charge is 2.12. The summed E-state index contributed by atoms with van der Waals surface area (Å²) in [7, 11) is 0. The molecule has 0 saturated heterocycles. The van der Waals surface area contributed by atoms with E-state index in [1.54, 1.807) is 37.3 Å². The summed E-state index contributed by atoms with van der Waals surface area (Å²) in [6.07, 6.45) is 1.45. The van der Waals surface area contributed by atoms with Crippen molar-refractivity contribution in [3.63, 3.8) is 0 Å². The molecule has 0 aromatic heterocycles. The highest BCUT2D eigenvalue weighted by atomic mass is 16.6. The maximum absolute atomic E-state index is 12.0. The number of hydrogen-bond acceptors (Lipinski definition) is 5. The number of ether oxygens (including phenoxy) is 2. The minimum absolute atomic E-state index is 0.274. The zero-order valence-corrected chi connectivity index (χ0v) is 11.4. The zero-order valence-electron chi connectivity index (χ0n) is 11.4. The van der Waals surface area contributed by atoms with Crippen molar-refractivity contribution in [2.75, 3.05) is 6.61 Å². The van der Waals surface area contributed by atoms with Gasteiger partial charge in [-0.15, -0.1) is 0 Å². The van der Waals surface area contributed by atoms with E-state index in [9.17, 15) is 9.59 Å². The monoisotopic (exact) mass is 283 g/mol. The Balaban J connectivity index is 2.26. The third-order valence-electron chi connectivity index (χ3n) is 2.61. The van der Waals surface area contributed by atoms with Crippen LogP contribution in [0.3, 0.4) is 0 Å². The van der Waals surface area contributed by atoms with Crippen LogP contribution in [-0.4, -0.2) is 18.7 Å². The quantitative estimate of drug-likeness (QED) is 0.365. The van der Waals surface area contributed by atoms with Crippen molar-refractivity contribution in [1.29, 1.82) is 0 Å². The molecule has 2 aromatic carbocycles. The number of carbonyl (C=O) groups is 1. The van der Waals surface area contributed by atoms with Gasteiger partial charge in [0.1, 0.15) is 0 Å². The summed E-state index contributed by atoms with van der Waals surface area (Å²) in [4.78, 5) is 25.8. The molecule has 0 N–H and O–H groups in total. The summed E-state index contributed by atoms with van der Waals surface area (Å²) in [5.41, 5.74) is 0.822. The fourth-order valence-electron chi connectivity index (χ4n) is 1.70. The van der Waals surface area contributed by atoms with Crippen LogP contribution in [0.15, 0.2) is 53.5 Å². The molecule has 106 valence electrons. The smallest absolute Gasteiger partial charge is 0.343 e. The van der Waals surface area contributed by atoms with Crippen molar-refractivity contribution in [2.45, 2.75) is 6.92 Å². The second-order valence-electron chi connectivity index (χ2n) is 4.02. The highest BCUT2D eigenvalue weighted by Crippen LogP contribution is 2.32. The summed E-state index contributed by atoms with van der Waals surface area (Å²) in [5, 5.41) is 0. The number of isocyanates is 1. The maximum Gasteiger partial charge on any atom is 0.343 e. The second-order valence-corrected chi connectivity index (χ2v) is 4.02. The van der Waals surface area contributed by atoms with E-state index in [4.69, 9.17) is 9.47 Å². The number of nitrogens with zero attached hydrogens (tertiary/aromatic N) is 1. The molecule has 2 aromatic rings. The van der Waals surface area contributed by atoms with Crippen LogP contribution in [0.4, 0.5) is 5.69 Å². The molecule has 0 heterocycles. The molecule has 0 atom stereocenters. The SMILES string of the molecule is CCOc1cc(N=C=O)ccc1OC(=O)c1ccccc1. The van der Waals surface area contributed by atoms with Gasteiger partial charge in [-0.1, -0.05) is 18.2 Å². The summed E-state index contributed by atoms with van der Waals surface area (Å²) in [6, 6.07) is 13.2. The lowest BCUT2D eigenvalue weighted by atomic mass is 10.2. The van der Waals surface area contributed by atoms with E-state index in [1.807, 2.05) is 6.07 Å². The van der Waals surface area contributed by atoms with Crippen LogP contribution in [0.25, 0.3) is 0 Å². The van der Waals surface area contributed by atoms with Gasteiger partial charge in [-0.2, -0.15) is 4.99 Å². The Morgan fingerprint density at radius 3 is 2.57 bits per heavy atom. The van der Waals surface area contributed by atoms with Crippen LogP contribution < -0.4 is 9.47 Å². The largest absolute Gasteiger partial charge is 0.490 e. The van der Waals surface area contributed by atoms with Crippen LogP contribution in [0, 0.1) is 0 Å². The molecule has 0 amide bonds. The predicted octanol–water partition coefficient (Wildman–Crippen LogP) is 3.27. The van der Waals surface area contributed by atoms with Crippen molar-refractivity contribution < 1.29 is 19.1 Å². The standard InChI is InChI=1S/C16H13NO4/c1-2-20-15-10-13(17-11-18)8-9-14(15)21-16(19)12-6-4-3-5-7-12/h3-10H,2H2,1H3. The van der Waals surface area contributed by atoms with Gasteiger partial charge < -0.3 is 9.47 Å². The van der Waals surface area contributed by atoms with E-state index in [-0.39, 0.29) is 5.75 Å². The average molecular weight is 283 g/mol. The van der Waals surface area contributed by atoms with E-state index in [2.05, 4.69) is 4.99 Å². The minimum Gasteiger partial charge on any atom is -0.490 e. The minimum atomic E-state index is -0.483. The van der Waals surface area contributed by atoms with Gasteiger partial charge in [0.2, 0.25) is 6.08 Å². The molecule has 0 aliphatic carbocycles. The number of benzene rings is 2. The second kappa shape index (κ2) is 7.03. The van der Waals surface area contributed by atoms with Crippen molar-refractivity contribution in [3.05, 3.63) is 54.1 Å². The van der Waals surface area contributed by atoms with Gasteiger partial charge in [-0.3, -0.25) is 0 Å². The van der Waals surface area contributed by atoms with Gasteiger partial charge in [0.05, 0.1) is 17.9 Å². The average Bonchev–Trinajstić information content (AvgIpc) is 2.51. The Labute approximate surface area is 121 Å². The first kappa shape index (κ1) is 14.5. The lowest BCUT2D eigenvalue weighted by molar-refractivity contribution is 0.0728. The van der Waals surface area contributed by atoms with Gasteiger partial charge in [0, 0.05) is 6.07 Å². The molecule has 0 aliphatic rings.